The molecule has 0 bridgehead atoms. The molecule has 2 aromatic heterocycles. The van der Waals surface area contributed by atoms with E-state index in [-0.39, 0.29) is 48.1 Å². The molecular weight excluding hydrogens is 940 g/mol. The summed E-state index contributed by atoms with van der Waals surface area (Å²) >= 11 is 0. The number of ether oxygens (including phenoxy) is 1. The zero-order valence-corrected chi connectivity index (χ0v) is 41.7. The fourth-order valence-electron chi connectivity index (χ4n) is 8.10. The first-order valence-electron chi connectivity index (χ1n) is 21.8. The van der Waals surface area contributed by atoms with Crippen molar-refractivity contribution in [1.29, 1.82) is 0 Å². The Bertz CT molecular complexity index is 2800. The van der Waals surface area contributed by atoms with Gasteiger partial charge in [0.25, 0.3) is 0 Å². The molecule has 7 aromatic rings. The number of aromatic nitrogens is 2. The van der Waals surface area contributed by atoms with E-state index in [2.05, 4.69) is 228 Å². The van der Waals surface area contributed by atoms with Gasteiger partial charge in [-0.25, -0.2) is 4.98 Å². The van der Waals surface area contributed by atoms with E-state index in [4.69, 9.17) is 9.72 Å². The molecule has 0 saturated heterocycles. The maximum Gasteiger partial charge on any atom is 0.135 e. The van der Waals surface area contributed by atoms with E-state index in [9.17, 15) is 0 Å². The maximum absolute atomic E-state index is 6.90. The monoisotopic (exact) mass is 1000 g/mol. The second kappa shape index (κ2) is 15.7. The van der Waals surface area contributed by atoms with Gasteiger partial charge in [-0.05, 0) is 97.2 Å². The Kier molecular flexibility index (Phi) is 11.5. The van der Waals surface area contributed by atoms with Crippen LogP contribution < -0.4 is 14.5 Å². The average Bonchev–Trinajstić information content (AvgIpc) is 3.71. The van der Waals surface area contributed by atoms with Gasteiger partial charge in [0.15, 0.2) is 0 Å². The summed E-state index contributed by atoms with van der Waals surface area (Å²) in [6.07, 6.45) is 1.93. The first kappa shape index (κ1) is 45.2. The van der Waals surface area contributed by atoms with Crippen LogP contribution >= 0.6 is 0 Å². The van der Waals surface area contributed by atoms with Crippen LogP contribution in [0.3, 0.4) is 0 Å². The number of hydrogen-bond acceptors (Lipinski definition) is 4. The van der Waals surface area contributed by atoms with Crippen molar-refractivity contribution in [2.24, 2.45) is 0 Å². The third-order valence-electron chi connectivity index (χ3n) is 12.1. The van der Waals surface area contributed by atoms with E-state index in [0.717, 1.165) is 55.9 Å². The first-order chi connectivity index (χ1) is 28.4. The summed E-state index contributed by atoms with van der Waals surface area (Å²) in [5.41, 5.74) is 12.3. The molecule has 0 N–H and O–H groups in total. The zero-order valence-electron chi connectivity index (χ0n) is 39.4. The molecule has 0 spiro atoms. The van der Waals surface area contributed by atoms with E-state index >= 15 is 0 Å². The molecule has 0 unspecified atom stereocenters. The maximum atomic E-state index is 6.90. The third kappa shape index (κ3) is 8.72. The van der Waals surface area contributed by atoms with Gasteiger partial charge >= 0.3 is 0 Å². The second-order valence-electron chi connectivity index (χ2n) is 22.1. The molecule has 1 aliphatic rings. The normalized spacial score (nSPS) is 13.8. The van der Waals surface area contributed by atoms with Gasteiger partial charge in [-0.3, -0.25) is 0 Å². The minimum absolute atomic E-state index is 0. The number of nitrogens with zero attached hydrogens (tertiary/aromatic N) is 4. The van der Waals surface area contributed by atoms with Crippen LogP contribution in [0.2, 0.25) is 0 Å². The minimum Gasteiger partial charge on any atom is -0.509 e. The van der Waals surface area contributed by atoms with Crippen molar-refractivity contribution in [3.8, 4) is 17.3 Å². The van der Waals surface area contributed by atoms with Gasteiger partial charge in [-0.15, -0.1) is 53.6 Å². The van der Waals surface area contributed by atoms with Gasteiger partial charge in [0.2, 0.25) is 0 Å². The average molecular weight is 1000 g/mol. The molecule has 6 heteroatoms. The molecule has 0 fully saturated rings. The summed E-state index contributed by atoms with van der Waals surface area (Å²) in [7, 11) is 0. The molecule has 0 aliphatic carbocycles. The van der Waals surface area contributed by atoms with Crippen molar-refractivity contribution in [3.63, 3.8) is 0 Å². The first-order valence-corrected chi connectivity index (χ1v) is 21.8. The number of pyridine rings is 1. The molecule has 326 valence electrons. The smallest absolute Gasteiger partial charge is 0.135 e. The third-order valence-corrected chi connectivity index (χ3v) is 12.1. The molecule has 1 aliphatic heterocycles. The quantitative estimate of drug-likeness (QED) is 0.161. The number of rotatable bonds is 5. The Morgan fingerprint density at radius 3 is 1.76 bits per heavy atom. The van der Waals surface area contributed by atoms with Crippen LogP contribution in [0.4, 0.5) is 22.7 Å². The Labute approximate surface area is 385 Å². The van der Waals surface area contributed by atoms with Crippen molar-refractivity contribution >= 4 is 44.6 Å². The minimum atomic E-state index is -0.160. The SMILES string of the molecule is CC(C)(C)c1cc(Oc2[c-]c3c(cc2)c2ccc(C(C)(C)C)cc2n3-c2cc(C(C)(C)C)ccn2)[c-]c(N2[CH-]N(c3cccc(C(C)(C)C)c3)c3ccc(C(C)(C)C)cc32)c1.[Pt]. The van der Waals surface area contributed by atoms with Crippen LogP contribution in [0.15, 0.2) is 103 Å². The predicted molar refractivity (Wildman–Crippen MR) is 258 cm³/mol. The second-order valence-corrected chi connectivity index (χ2v) is 22.1. The van der Waals surface area contributed by atoms with E-state index in [1.165, 1.54) is 22.3 Å². The van der Waals surface area contributed by atoms with E-state index in [1.807, 2.05) is 12.3 Å². The molecule has 0 saturated carbocycles. The predicted octanol–water partition coefficient (Wildman–Crippen LogP) is 15.5. The molecule has 5 aromatic carbocycles. The van der Waals surface area contributed by atoms with Crippen molar-refractivity contribution in [2.75, 3.05) is 9.80 Å². The van der Waals surface area contributed by atoms with Crippen LogP contribution in [-0.4, -0.2) is 9.55 Å². The van der Waals surface area contributed by atoms with Crippen LogP contribution in [0.5, 0.6) is 11.5 Å². The van der Waals surface area contributed by atoms with E-state index < -0.39 is 0 Å². The summed E-state index contributed by atoms with van der Waals surface area (Å²) in [6, 6.07) is 43.0. The van der Waals surface area contributed by atoms with Crippen LogP contribution in [0.1, 0.15) is 132 Å². The summed E-state index contributed by atoms with van der Waals surface area (Å²) in [6.45, 7) is 36.1. The number of hydrogen-bond donors (Lipinski definition) is 0. The van der Waals surface area contributed by atoms with Gasteiger partial charge < -0.3 is 19.1 Å². The molecule has 0 atom stereocenters. The largest absolute Gasteiger partial charge is 0.509 e. The molecular formula is C56H63N4OPt-3. The Morgan fingerprint density at radius 1 is 0.500 bits per heavy atom. The van der Waals surface area contributed by atoms with Gasteiger partial charge in [-0.2, -0.15) is 6.07 Å². The van der Waals surface area contributed by atoms with Crippen LogP contribution in [0.25, 0.3) is 27.6 Å². The fraction of sp³-hybridized carbons (Fsp3) is 0.357. The summed E-state index contributed by atoms with van der Waals surface area (Å²) < 4.78 is 9.16. The molecule has 5 nitrogen and oxygen atoms in total. The Morgan fingerprint density at radius 2 is 1.10 bits per heavy atom. The Balaban J connectivity index is 0.00000578. The van der Waals surface area contributed by atoms with Gasteiger partial charge in [0.1, 0.15) is 5.82 Å². The van der Waals surface area contributed by atoms with E-state index in [1.54, 1.807) is 0 Å². The van der Waals surface area contributed by atoms with Crippen molar-refractivity contribution in [3.05, 3.63) is 150 Å². The molecule has 0 amide bonds. The zero-order chi connectivity index (χ0) is 44.0. The number of benzene rings is 5. The van der Waals surface area contributed by atoms with Crippen molar-refractivity contribution in [2.45, 2.75) is 131 Å². The number of fused-ring (bicyclic) bond motifs is 4. The van der Waals surface area contributed by atoms with Gasteiger partial charge in [0.05, 0.1) is 0 Å². The Hall–Kier alpha value is -4.86. The van der Waals surface area contributed by atoms with Crippen LogP contribution in [0, 0.1) is 18.8 Å². The fourth-order valence-corrected chi connectivity index (χ4v) is 8.10. The molecule has 62 heavy (non-hydrogen) atoms. The van der Waals surface area contributed by atoms with Crippen molar-refractivity contribution < 1.29 is 25.8 Å². The van der Waals surface area contributed by atoms with Gasteiger partial charge in [0, 0.05) is 61.3 Å². The molecule has 0 radical (unpaired) electrons. The number of anilines is 4. The standard InChI is InChI=1S/C56H63N4O.Pt/c1-52(2,3)36-17-16-18-41(27-36)58-35-59(50-31-38(54(7,8)9)20-24-47(50)58)42-28-40(56(13,14)15)29-44(33-42)61-43-21-23-46-45-22-19-37(53(4,5)6)30-48(45)60(49(46)34-43)51-32-39(25-26-57-51)55(10,11)12;/h16-32,35H,1-15H3;/q-3;. The van der Waals surface area contributed by atoms with Crippen molar-refractivity contribution in [1.82, 2.24) is 9.55 Å². The molecule has 8 rings (SSSR count). The summed E-state index contributed by atoms with van der Waals surface area (Å²) in [5.74, 6) is 2.12. The van der Waals surface area contributed by atoms with Gasteiger partial charge in [-0.1, -0.05) is 140 Å². The topological polar surface area (TPSA) is 33.5 Å². The summed E-state index contributed by atoms with van der Waals surface area (Å²) in [4.78, 5) is 9.55. The molecule has 3 heterocycles. The summed E-state index contributed by atoms with van der Waals surface area (Å²) in [5, 5.41) is 2.26. The van der Waals surface area contributed by atoms with E-state index in [0.29, 0.717) is 11.5 Å². The van der Waals surface area contributed by atoms with Crippen LogP contribution in [-0.2, 0) is 48.1 Å².